The molecule has 14 heavy (non-hydrogen) atoms. The van der Waals surface area contributed by atoms with Gasteiger partial charge in [-0.25, -0.2) is 4.79 Å². The first-order chi connectivity index (χ1) is 6.40. The van der Waals surface area contributed by atoms with E-state index in [-0.39, 0.29) is 12.1 Å². The van der Waals surface area contributed by atoms with E-state index in [0.717, 1.165) is 6.42 Å². The quantitative estimate of drug-likeness (QED) is 0.501. The van der Waals surface area contributed by atoms with Crippen LogP contribution in [0.4, 0.5) is 0 Å². The van der Waals surface area contributed by atoms with Crippen LogP contribution in [0.25, 0.3) is 0 Å². The van der Waals surface area contributed by atoms with Gasteiger partial charge < -0.3 is 4.74 Å². The van der Waals surface area contributed by atoms with Crippen LogP contribution in [0.15, 0.2) is 12.2 Å². The van der Waals surface area contributed by atoms with E-state index in [9.17, 15) is 4.79 Å². The number of ether oxygens (including phenoxy) is 1. The Bertz CT molecular complexity index is 206. The summed E-state index contributed by atoms with van der Waals surface area (Å²) in [4.78, 5) is 11.3. The van der Waals surface area contributed by atoms with E-state index >= 15 is 0 Å². The highest BCUT2D eigenvalue weighted by Gasteiger charge is 2.22. The minimum absolute atomic E-state index is 0.0239. The van der Waals surface area contributed by atoms with Crippen LogP contribution in [0.5, 0.6) is 0 Å². The molecule has 0 N–H and O–H groups in total. The Labute approximate surface area is 87.3 Å². The molecule has 0 aliphatic heterocycles. The van der Waals surface area contributed by atoms with Gasteiger partial charge in [0.15, 0.2) is 0 Å². The molecule has 0 amide bonds. The maximum Gasteiger partial charge on any atom is 0.333 e. The van der Waals surface area contributed by atoms with E-state index < -0.39 is 0 Å². The second-order valence-corrected chi connectivity index (χ2v) is 4.21. The van der Waals surface area contributed by atoms with Gasteiger partial charge in [-0.15, -0.1) is 0 Å². The van der Waals surface area contributed by atoms with Crippen molar-refractivity contribution in [1.82, 2.24) is 0 Å². The topological polar surface area (TPSA) is 26.3 Å². The number of carbonyl (C=O) groups excluding carboxylic acids is 1. The summed E-state index contributed by atoms with van der Waals surface area (Å²) in [6, 6.07) is 0. The van der Waals surface area contributed by atoms with Crippen LogP contribution in [-0.4, -0.2) is 12.1 Å². The molecule has 2 heteroatoms. The molecular formula is C12H22O2. The van der Waals surface area contributed by atoms with Crippen LogP contribution in [0.1, 0.15) is 41.0 Å². The fourth-order valence-corrected chi connectivity index (χ4v) is 1.70. The van der Waals surface area contributed by atoms with Crippen molar-refractivity contribution < 1.29 is 9.53 Å². The third-order valence-corrected chi connectivity index (χ3v) is 2.57. The zero-order chi connectivity index (χ0) is 11.3. The average molecular weight is 198 g/mol. The summed E-state index contributed by atoms with van der Waals surface area (Å²) in [6.45, 7) is 13.6. The molecule has 0 rings (SSSR count). The largest absolute Gasteiger partial charge is 0.459 e. The Kier molecular flexibility index (Phi) is 5.51. The monoisotopic (exact) mass is 198 g/mol. The Morgan fingerprint density at radius 1 is 1.36 bits per heavy atom. The lowest BCUT2D eigenvalue weighted by molar-refractivity contribution is -0.146. The molecule has 0 fully saturated rings. The highest BCUT2D eigenvalue weighted by atomic mass is 16.5. The Morgan fingerprint density at radius 2 is 1.86 bits per heavy atom. The molecule has 0 bridgehead atoms. The summed E-state index contributed by atoms with van der Waals surface area (Å²) in [5.41, 5.74) is 0.468. The molecule has 0 aliphatic carbocycles. The molecule has 0 spiro atoms. The minimum atomic E-state index is -0.281. The molecule has 0 heterocycles. The minimum Gasteiger partial charge on any atom is -0.459 e. The average Bonchev–Trinajstić information content (AvgIpc) is 2.04. The summed E-state index contributed by atoms with van der Waals surface area (Å²) in [6.07, 6.45) is 1.01. The molecule has 2 unspecified atom stereocenters. The van der Waals surface area contributed by atoms with E-state index in [1.165, 1.54) is 0 Å². The predicted molar refractivity (Wildman–Crippen MR) is 59.0 cm³/mol. The van der Waals surface area contributed by atoms with Crippen molar-refractivity contribution in [2.75, 3.05) is 0 Å². The van der Waals surface area contributed by atoms with E-state index in [1.54, 1.807) is 6.92 Å². The maximum atomic E-state index is 11.3. The van der Waals surface area contributed by atoms with Crippen LogP contribution in [-0.2, 0) is 9.53 Å². The highest BCUT2D eigenvalue weighted by Crippen LogP contribution is 2.21. The van der Waals surface area contributed by atoms with Crippen molar-refractivity contribution in [3.8, 4) is 0 Å². The standard InChI is InChI=1S/C12H22O2/c1-7-11(8(2)3)10(6)14-12(13)9(4)5/h8,10-11H,4,7H2,1-3,5-6H3. The molecule has 0 saturated carbocycles. The van der Waals surface area contributed by atoms with Gasteiger partial charge in [-0.3, -0.25) is 0 Å². The Balaban J connectivity index is 4.24. The van der Waals surface area contributed by atoms with Crippen molar-refractivity contribution in [3.63, 3.8) is 0 Å². The van der Waals surface area contributed by atoms with E-state index in [4.69, 9.17) is 4.74 Å². The third-order valence-electron chi connectivity index (χ3n) is 2.57. The number of carbonyl (C=O) groups is 1. The van der Waals surface area contributed by atoms with Crippen molar-refractivity contribution in [2.24, 2.45) is 11.8 Å². The number of hydrogen-bond acceptors (Lipinski definition) is 2. The summed E-state index contributed by atoms with van der Waals surface area (Å²) < 4.78 is 5.29. The molecule has 2 nitrogen and oxygen atoms in total. The normalized spacial score (nSPS) is 15.0. The Hall–Kier alpha value is -0.790. The van der Waals surface area contributed by atoms with Gasteiger partial charge in [0.1, 0.15) is 6.10 Å². The SMILES string of the molecule is C=C(C)C(=O)OC(C)C(CC)C(C)C. The van der Waals surface area contributed by atoms with Crippen molar-refractivity contribution in [1.29, 1.82) is 0 Å². The third kappa shape index (κ3) is 3.95. The second-order valence-electron chi connectivity index (χ2n) is 4.21. The summed E-state index contributed by atoms with van der Waals surface area (Å²) in [5.74, 6) is 0.683. The smallest absolute Gasteiger partial charge is 0.333 e. The number of hydrogen-bond donors (Lipinski definition) is 0. The van der Waals surface area contributed by atoms with E-state index in [0.29, 0.717) is 17.4 Å². The fourth-order valence-electron chi connectivity index (χ4n) is 1.70. The van der Waals surface area contributed by atoms with Crippen LogP contribution < -0.4 is 0 Å². The van der Waals surface area contributed by atoms with Crippen LogP contribution >= 0.6 is 0 Å². The molecule has 0 aromatic carbocycles. The summed E-state index contributed by atoms with van der Waals surface area (Å²) in [5, 5.41) is 0. The van der Waals surface area contributed by atoms with Gasteiger partial charge >= 0.3 is 5.97 Å². The molecule has 2 atom stereocenters. The first kappa shape index (κ1) is 13.2. The Morgan fingerprint density at radius 3 is 2.14 bits per heavy atom. The predicted octanol–water partition coefficient (Wildman–Crippen LogP) is 3.18. The summed E-state index contributed by atoms with van der Waals surface area (Å²) in [7, 11) is 0. The molecule has 82 valence electrons. The van der Waals surface area contributed by atoms with Gasteiger partial charge in [-0.2, -0.15) is 0 Å². The first-order valence-corrected chi connectivity index (χ1v) is 5.26. The molecule has 0 radical (unpaired) electrons. The molecule has 0 aromatic rings. The van der Waals surface area contributed by atoms with Crippen molar-refractivity contribution in [3.05, 3.63) is 12.2 Å². The zero-order valence-electron chi connectivity index (χ0n) is 9.96. The summed E-state index contributed by atoms with van der Waals surface area (Å²) >= 11 is 0. The lowest BCUT2D eigenvalue weighted by Gasteiger charge is -2.26. The molecule has 0 aliphatic rings. The van der Waals surface area contributed by atoms with E-state index in [2.05, 4.69) is 27.4 Å². The van der Waals surface area contributed by atoms with Gasteiger partial charge in [0.25, 0.3) is 0 Å². The van der Waals surface area contributed by atoms with E-state index in [1.807, 2.05) is 6.92 Å². The van der Waals surface area contributed by atoms with Crippen molar-refractivity contribution >= 4 is 5.97 Å². The molecular weight excluding hydrogens is 176 g/mol. The van der Waals surface area contributed by atoms with Gasteiger partial charge in [-0.05, 0) is 32.1 Å². The van der Waals surface area contributed by atoms with Crippen molar-refractivity contribution in [2.45, 2.75) is 47.1 Å². The highest BCUT2D eigenvalue weighted by molar-refractivity contribution is 5.87. The van der Waals surface area contributed by atoms with Gasteiger partial charge in [-0.1, -0.05) is 27.4 Å². The van der Waals surface area contributed by atoms with Gasteiger partial charge in [0.05, 0.1) is 0 Å². The maximum absolute atomic E-state index is 11.3. The number of rotatable bonds is 5. The second kappa shape index (κ2) is 5.84. The van der Waals surface area contributed by atoms with Crippen LogP contribution in [0, 0.1) is 11.8 Å². The van der Waals surface area contributed by atoms with Gasteiger partial charge in [0.2, 0.25) is 0 Å². The van der Waals surface area contributed by atoms with Crippen LogP contribution in [0.2, 0.25) is 0 Å². The first-order valence-electron chi connectivity index (χ1n) is 5.26. The molecule has 0 aromatic heterocycles. The lowest BCUT2D eigenvalue weighted by Crippen LogP contribution is -2.27. The number of esters is 1. The fraction of sp³-hybridized carbons (Fsp3) is 0.750. The van der Waals surface area contributed by atoms with Crippen LogP contribution in [0.3, 0.4) is 0 Å². The lowest BCUT2D eigenvalue weighted by atomic mass is 9.89. The molecule has 0 saturated heterocycles. The zero-order valence-corrected chi connectivity index (χ0v) is 9.96. The van der Waals surface area contributed by atoms with Gasteiger partial charge in [0, 0.05) is 5.57 Å².